The van der Waals surface area contributed by atoms with Gasteiger partial charge in [0.2, 0.25) is 0 Å². The van der Waals surface area contributed by atoms with Gasteiger partial charge in [-0.1, -0.05) is 56.6 Å². The molecule has 0 saturated heterocycles. The van der Waals surface area contributed by atoms with E-state index in [1.165, 1.54) is 0 Å². The molecule has 2 aromatic rings. The molecule has 148 valence electrons. The average molecular weight is 420 g/mol. The molecule has 0 unspecified atom stereocenters. The zero-order valence-electron chi connectivity index (χ0n) is 15.8. The van der Waals surface area contributed by atoms with Crippen LogP contribution in [0.5, 0.6) is 5.75 Å². The molecule has 28 heavy (non-hydrogen) atoms. The van der Waals surface area contributed by atoms with Crippen molar-refractivity contribution in [3.63, 3.8) is 0 Å². The number of halogens is 1. The molecule has 0 spiro atoms. The van der Waals surface area contributed by atoms with Gasteiger partial charge in [-0.15, -0.1) is 0 Å². The van der Waals surface area contributed by atoms with E-state index in [1.807, 2.05) is 12.1 Å². The molecule has 0 aliphatic rings. The van der Waals surface area contributed by atoms with Crippen LogP contribution in [0.15, 0.2) is 48.5 Å². The number of carbonyl (C=O) groups is 2. The number of benzene rings is 2. The summed E-state index contributed by atoms with van der Waals surface area (Å²) in [6, 6.07) is 14.1. The summed E-state index contributed by atoms with van der Waals surface area (Å²) in [5.74, 6) is -0.462. The number of hydrazine groups is 1. The number of para-hydroxylation sites is 1. The smallest absolute Gasteiger partial charge is 0.269 e. The standard InChI is InChI=1S/C20H22ClN3O3S/c1-20(2,3)14-10-8-13(9-11-14)18(26)23-24-19(28)22-17(25)12-27-16-7-5-4-6-15(16)21/h4-11H,12H2,1-3H3,(H,23,26)(H2,22,24,25,28). The van der Waals surface area contributed by atoms with Gasteiger partial charge in [0.05, 0.1) is 5.02 Å². The van der Waals surface area contributed by atoms with Crippen molar-refractivity contribution >= 4 is 40.7 Å². The van der Waals surface area contributed by atoms with Crippen molar-refractivity contribution < 1.29 is 14.3 Å². The lowest BCUT2D eigenvalue weighted by molar-refractivity contribution is -0.121. The van der Waals surface area contributed by atoms with E-state index in [4.69, 9.17) is 28.6 Å². The molecule has 0 radical (unpaired) electrons. The topological polar surface area (TPSA) is 79.5 Å². The first-order chi connectivity index (χ1) is 13.2. The van der Waals surface area contributed by atoms with E-state index in [-0.39, 0.29) is 23.0 Å². The summed E-state index contributed by atoms with van der Waals surface area (Å²) in [7, 11) is 0. The highest BCUT2D eigenvalue weighted by molar-refractivity contribution is 7.80. The first kappa shape index (κ1) is 21.7. The van der Waals surface area contributed by atoms with Gasteiger partial charge in [0.15, 0.2) is 11.7 Å². The van der Waals surface area contributed by atoms with Gasteiger partial charge in [0.25, 0.3) is 11.8 Å². The van der Waals surface area contributed by atoms with Gasteiger partial charge in [0, 0.05) is 5.56 Å². The van der Waals surface area contributed by atoms with Crippen LogP contribution in [0.2, 0.25) is 5.02 Å². The van der Waals surface area contributed by atoms with E-state index < -0.39 is 5.91 Å². The van der Waals surface area contributed by atoms with Gasteiger partial charge in [-0.2, -0.15) is 0 Å². The van der Waals surface area contributed by atoms with Crippen molar-refractivity contribution in [2.75, 3.05) is 6.61 Å². The Hall–Kier alpha value is -2.64. The first-order valence-electron chi connectivity index (χ1n) is 8.55. The van der Waals surface area contributed by atoms with Crippen LogP contribution in [0.1, 0.15) is 36.7 Å². The fourth-order valence-corrected chi connectivity index (χ4v) is 2.56. The quantitative estimate of drug-likeness (QED) is 0.523. The maximum atomic E-state index is 12.2. The van der Waals surface area contributed by atoms with Gasteiger partial charge in [0.1, 0.15) is 5.75 Å². The van der Waals surface area contributed by atoms with Crippen molar-refractivity contribution in [3.8, 4) is 5.75 Å². The number of nitrogens with one attached hydrogen (secondary N) is 3. The minimum Gasteiger partial charge on any atom is -0.482 e. The van der Waals surface area contributed by atoms with Crippen LogP contribution in [0.25, 0.3) is 0 Å². The summed E-state index contributed by atoms with van der Waals surface area (Å²) >= 11 is 10.9. The summed E-state index contributed by atoms with van der Waals surface area (Å²) < 4.78 is 5.31. The lowest BCUT2D eigenvalue weighted by atomic mass is 9.87. The second-order valence-corrected chi connectivity index (χ2v) is 7.82. The SMILES string of the molecule is CC(C)(C)c1ccc(C(=O)NNC(=S)NC(=O)COc2ccccc2Cl)cc1. The minimum atomic E-state index is -0.485. The summed E-state index contributed by atoms with van der Waals surface area (Å²) in [5.41, 5.74) is 6.52. The molecule has 3 N–H and O–H groups in total. The van der Waals surface area contributed by atoms with Crippen LogP contribution in [0.3, 0.4) is 0 Å². The zero-order chi connectivity index (χ0) is 20.7. The van der Waals surface area contributed by atoms with E-state index in [0.717, 1.165) is 5.56 Å². The number of amides is 2. The highest BCUT2D eigenvalue weighted by Crippen LogP contribution is 2.23. The predicted octanol–water partition coefficient (Wildman–Crippen LogP) is 3.35. The van der Waals surface area contributed by atoms with Crippen molar-refractivity contribution in [1.29, 1.82) is 0 Å². The van der Waals surface area contributed by atoms with Crippen molar-refractivity contribution in [2.45, 2.75) is 26.2 Å². The third-order valence-electron chi connectivity index (χ3n) is 3.75. The number of thiocarbonyl (C=S) groups is 1. The predicted molar refractivity (Wildman–Crippen MR) is 113 cm³/mol. The number of ether oxygens (including phenoxy) is 1. The first-order valence-corrected chi connectivity index (χ1v) is 9.33. The molecule has 0 heterocycles. The van der Waals surface area contributed by atoms with Crippen molar-refractivity contribution in [2.24, 2.45) is 0 Å². The van der Waals surface area contributed by atoms with Gasteiger partial charge < -0.3 is 4.74 Å². The average Bonchev–Trinajstić information content (AvgIpc) is 2.65. The van der Waals surface area contributed by atoms with Crippen LogP contribution in [0.4, 0.5) is 0 Å². The van der Waals surface area contributed by atoms with Crippen LogP contribution in [-0.4, -0.2) is 23.5 Å². The van der Waals surface area contributed by atoms with Gasteiger partial charge in [-0.3, -0.25) is 25.8 Å². The number of hydrogen-bond acceptors (Lipinski definition) is 4. The van der Waals surface area contributed by atoms with Gasteiger partial charge >= 0.3 is 0 Å². The molecule has 0 aliphatic carbocycles. The lowest BCUT2D eigenvalue weighted by Crippen LogP contribution is -2.49. The second kappa shape index (κ2) is 9.52. The molecule has 0 bridgehead atoms. The molecule has 0 atom stereocenters. The molecule has 0 saturated carbocycles. The van der Waals surface area contributed by atoms with E-state index in [2.05, 4.69) is 36.9 Å². The van der Waals surface area contributed by atoms with Crippen LogP contribution in [0, 0.1) is 0 Å². The Kier molecular flexibility index (Phi) is 7.37. The molecule has 2 amide bonds. The Labute approximate surface area is 174 Å². The molecule has 2 aromatic carbocycles. The molecule has 8 heteroatoms. The second-order valence-electron chi connectivity index (χ2n) is 7.00. The maximum Gasteiger partial charge on any atom is 0.269 e. The molecule has 0 fully saturated rings. The van der Waals surface area contributed by atoms with E-state index in [9.17, 15) is 9.59 Å². The Bertz CT molecular complexity index is 864. The largest absolute Gasteiger partial charge is 0.482 e. The van der Waals surface area contributed by atoms with Gasteiger partial charge in [-0.25, -0.2) is 0 Å². The molecule has 6 nitrogen and oxygen atoms in total. The molecular weight excluding hydrogens is 398 g/mol. The molecular formula is C20H22ClN3O3S. The Balaban J connectivity index is 1.77. The third kappa shape index (κ3) is 6.51. The normalized spacial score (nSPS) is 10.7. The van der Waals surface area contributed by atoms with Crippen LogP contribution in [-0.2, 0) is 10.2 Å². The number of rotatable bonds is 4. The van der Waals surface area contributed by atoms with Crippen LogP contribution >= 0.6 is 23.8 Å². The highest BCUT2D eigenvalue weighted by atomic mass is 35.5. The lowest BCUT2D eigenvalue weighted by Gasteiger charge is -2.19. The number of hydrogen-bond donors (Lipinski definition) is 3. The Morgan fingerprint density at radius 2 is 1.68 bits per heavy atom. The molecule has 2 rings (SSSR count). The zero-order valence-corrected chi connectivity index (χ0v) is 17.4. The highest BCUT2D eigenvalue weighted by Gasteiger charge is 2.14. The monoisotopic (exact) mass is 419 g/mol. The summed E-state index contributed by atoms with van der Waals surface area (Å²) in [4.78, 5) is 24.0. The maximum absolute atomic E-state index is 12.2. The minimum absolute atomic E-state index is 0.00511. The van der Waals surface area contributed by atoms with Crippen LogP contribution < -0.4 is 20.9 Å². The summed E-state index contributed by atoms with van der Waals surface area (Å²) in [6.45, 7) is 6.02. The Morgan fingerprint density at radius 3 is 2.29 bits per heavy atom. The third-order valence-corrected chi connectivity index (χ3v) is 4.27. The summed E-state index contributed by atoms with van der Waals surface area (Å²) in [6.07, 6.45) is 0. The Morgan fingerprint density at radius 1 is 1.04 bits per heavy atom. The van der Waals surface area contributed by atoms with E-state index in [1.54, 1.807) is 36.4 Å². The van der Waals surface area contributed by atoms with E-state index >= 15 is 0 Å². The molecule has 0 aromatic heterocycles. The fraction of sp³-hybridized carbons (Fsp3) is 0.250. The molecule has 0 aliphatic heterocycles. The van der Waals surface area contributed by atoms with Crippen molar-refractivity contribution in [3.05, 3.63) is 64.7 Å². The summed E-state index contributed by atoms with van der Waals surface area (Å²) in [5, 5.41) is 2.76. The fourth-order valence-electron chi connectivity index (χ4n) is 2.21. The van der Waals surface area contributed by atoms with Gasteiger partial charge in [-0.05, 0) is 47.5 Å². The van der Waals surface area contributed by atoms with Crippen molar-refractivity contribution in [1.82, 2.24) is 16.2 Å². The van der Waals surface area contributed by atoms with E-state index in [0.29, 0.717) is 16.3 Å². The number of carbonyl (C=O) groups excluding carboxylic acids is 2.